The molecule has 0 unspecified atom stereocenters. The molecule has 0 aliphatic carbocycles. The van der Waals surface area contributed by atoms with Gasteiger partial charge in [-0.05, 0) is 36.6 Å². The molecule has 5 nitrogen and oxygen atoms in total. The van der Waals surface area contributed by atoms with Gasteiger partial charge in [-0.1, -0.05) is 43.3 Å². The van der Waals surface area contributed by atoms with Gasteiger partial charge in [0.05, 0.1) is 29.8 Å². The van der Waals surface area contributed by atoms with Crippen LogP contribution in [-0.2, 0) is 16.0 Å². The minimum Gasteiger partial charge on any atom is -0.466 e. The number of fused-ring (bicyclic) bond motifs is 3. The monoisotopic (exact) mass is 347 g/mol. The Bertz CT molecular complexity index is 1020. The highest BCUT2D eigenvalue weighted by molar-refractivity contribution is 5.94. The molecule has 0 fully saturated rings. The molecule has 5 heteroatoms. The molecule has 0 bridgehead atoms. The van der Waals surface area contributed by atoms with E-state index >= 15 is 0 Å². The number of esters is 1. The first kappa shape index (κ1) is 16.4. The molecule has 1 atom stereocenters. The molecule has 0 amide bonds. The van der Waals surface area contributed by atoms with Gasteiger partial charge in [-0.3, -0.25) is 4.57 Å². The van der Waals surface area contributed by atoms with Crippen molar-refractivity contribution in [1.82, 2.24) is 9.55 Å². The van der Waals surface area contributed by atoms with Gasteiger partial charge in [0, 0.05) is 5.70 Å². The summed E-state index contributed by atoms with van der Waals surface area (Å²) in [6.07, 6.45) is 0.977. The highest BCUT2D eigenvalue weighted by Gasteiger charge is 2.34. The van der Waals surface area contributed by atoms with E-state index in [0.717, 1.165) is 34.7 Å². The quantitative estimate of drug-likeness (QED) is 0.726. The molecule has 1 aromatic heterocycles. The van der Waals surface area contributed by atoms with E-state index < -0.39 is 0 Å². The average molecular weight is 347 g/mol. The number of rotatable bonds is 3. The van der Waals surface area contributed by atoms with Crippen molar-refractivity contribution >= 4 is 23.0 Å². The van der Waals surface area contributed by atoms with Crippen molar-refractivity contribution in [3.8, 4) is 0 Å². The van der Waals surface area contributed by atoms with Crippen LogP contribution >= 0.6 is 0 Å². The minimum absolute atomic E-state index is 0.281. The maximum atomic E-state index is 12.6. The summed E-state index contributed by atoms with van der Waals surface area (Å²) < 4.78 is 7.17. The SMILES string of the molecule is CCc1ccc([C@H]2C(C(=O)OC)=C(C)Nc3nc4ccccc4n32)cc1. The number of aromatic nitrogens is 2. The topological polar surface area (TPSA) is 56.1 Å². The van der Waals surface area contributed by atoms with Crippen molar-refractivity contribution in [3.63, 3.8) is 0 Å². The number of carbonyl (C=O) groups is 1. The summed E-state index contributed by atoms with van der Waals surface area (Å²) in [6.45, 7) is 4.02. The molecule has 132 valence electrons. The largest absolute Gasteiger partial charge is 0.466 e. The molecule has 4 rings (SSSR count). The van der Waals surface area contributed by atoms with Crippen molar-refractivity contribution in [2.75, 3.05) is 12.4 Å². The molecule has 2 heterocycles. The molecule has 0 radical (unpaired) electrons. The second-order valence-corrected chi connectivity index (χ2v) is 6.45. The van der Waals surface area contributed by atoms with Crippen molar-refractivity contribution in [2.24, 2.45) is 0 Å². The van der Waals surface area contributed by atoms with Crippen molar-refractivity contribution in [3.05, 3.63) is 70.9 Å². The third-order valence-corrected chi connectivity index (χ3v) is 4.94. The van der Waals surface area contributed by atoms with Gasteiger partial charge < -0.3 is 10.1 Å². The van der Waals surface area contributed by atoms with Gasteiger partial charge in [-0.25, -0.2) is 9.78 Å². The first-order valence-electron chi connectivity index (χ1n) is 8.76. The molecule has 1 aliphatic heterocycles. The van der Waals surface area contributed by atoms with Gasteiger partial charge in [0.25, 0.3) is 0 Å². The number of methoxy groups -OCH3 is 1. The summed E-state index contributed by atoms with van der Waals surface area (Å²) in [6, 6.07) is 16.1. The first-order chi connectivity index (χ1) is 12.6. The van der Waals surface area contributed by atoms with E-state index in [4.69, 9.17) is 9.72 Å². The lowest BCUT2D eigenvalue weighted by Crippen LogP contribution is -2.28. The number of ether oxygens (including phenoxy) is 1. The smallest absolute Gasteiger partial charge is 0.337 e. The number of benzene rings is 2. The zero-order valence-electron chi connectivity index (χ0n) is 15.1. The number of carbonyl (C=O) groups excluding carboxylic acids is 1. The van der Waals surface area contributed by atoms with Crippen LogP contribution in [0.4, 0.5) is 5.95 Å². The third kappa shape index (κ3) is 2.47. The maximum Gasteiger partial charge on any atom is 0.337 e. The Kier molecular flexibility index (Phi) is 3.99. The number of nitrogens with zero attached hydrogens (tertiary/aromatic N) is 2. The van der Waals surface area contributed by atoms with Crippen LogP contribution in [0.5, 0.6) is 0 Å². The molecule has 0 spiro atoms. The van der Waals surface area contributed by atoms with Gasteiger partial charge in [0.2, 0.25) is 5.95 Å². The van der Waals surface area contributed by atoms with Crippen LogP contribution in [-0.4, -0.2) is 22.6 Å². The zero-order chi connectivity index (χ0) is 18.3. The van der Waals surface area contributed by atoms with Crippen LogP contribution in [0.1, 0.15) is 31.0 Å². The fraction of sp³-hybridized carbons (Fsp3) is 0.238. The Balaban J connectivity index is 1.97. The molecule has 0 saturated carbocycles. The van der Waals surface area contributed by atoms with Crippen LogP contribution in [0.3, 0.4) is 0 Å². The number of imidazole rings is 1. The summed E-state index contributed by atoms with van der Waals surface area (Å²) in [4.78, 5) is 17.3. The Morgan fingerprint density at radius 3 is 2.62 bits per heavy atom. The fourth-order valence-corrected chi connectivity index (χ4v) is 3.59. The number of allylic oxidation sites excluding steroid dienone is 1. The lowest BCUT2D eigenvalue weighted by atomic mass is 9.94. The molecular formula is C21H21N3O2. The maximum absolute atomic E-state index is 12.6. The second kappa shape index (κ2) is 6.33. The lowest BCUT2D eigenvalue weighted by Gasteiger charge is -2.30. The number of hydrogen-bond acceptors (Lipinski definition) is 4. The molecular weight excluding hydrogens is 326 g/mol. The molecule has 3 aromatic rings. The summed E-state index contributed by atoms with van der Waals surface area (Å²) >= 11 is 0. The summed E-state index contributed by atoms with van der Waals surface area (Å²) in [7, 11) is 1.42. The molecule has 2 aromatic carbocycles. The van der Waals surface area contributed by atoms with E-state index in [1.165, 1.54) is 12.7 Å². The standard InChI is InChI=1S/C21H21N3O2/c1-4-14-9-11-15(12-10-14)19-18(20(25)26-3)13(2)22-21-23-16-7-5-6-8-17(16)24(19)21/h5-12,19H,4H2,1-3H3,(H,22,23)/t19-/m0/s1. The Morgan fingerprint density at radius 1 is 1.19 bits per heavy atom. The first-order valence-corrected chi connectivity index (χ1v) is 8.76. The van der Waals surface area contributed by atoms with E-state index in [1.807, 2.05) is 31.2 Å². The number of hydrogen-bond donors (Lipinski definition) is 1. The molecule has 1 aliphatic rings. The van der Waals surface area contributed by atoms with Crippen molar-refractivity contribution < 1.29 is 9.53 Å². The van der Waals surface area contributed by atoms with Crippen molar-refractivity contribution in [1.29, 1.82) is 0 Å². The predicted octanol–water partition coefficient (Wildman–Crippen LogP) is 4.06. The highest BCUT2D eigenvalue weighted by Crippen LogP contribution is 2.39. The van der Waals surface area contributed by atoms with E-state index in [-0.39, 0.29) is 12.0 Å². The summed E-state index contributed by atoms with van der Waals surface area (Å²) in [5, 5.41) is 3.27. The van der Waals surface area contributed by atoms with Gasteiger partial charge in [0.1, 0.15) is 0 Å². The summed E-state index contributed by atoms with van der Waals surface area (Å²) in [5.74, 6) is 0.406. The number of para-hydroxylation sites is 2. The predicted molar refractivity (Wildman–Crippen MR) is 102 cm³/mol. The third-order valence-electron chi connectivity index (χ3n) is 4.94. The lowest BCUT2D eigenvalue weighted by molar-refractivity contribution is -0.136. The minimum atomic E-state index is -0.331. The van der Waals surface area contributed by atoms with Crippen molar-refractivity contribution in [2.45, 2.75) is 26.3 Å². The van der Waals surface area contributed by atoms with Gasteiger partial charge >= 0.3 is 5.97 Å². The Labute approximate surface area is 152 Å². The van der Waals surface area contributed by atoms with Gasteiger partial charge in [0.15, 0.2) is 0 Å². The number of nitrogens with one attached hydrogen (secondary N) is 1. The zero-order valence-corrected chi connectivity index (χ0v) is 15.1. The molecule has 1 N–H and O–H groups in total. The van der Waals surface area contributed by atoms with Crippen LogP contribution in [0.2, 0.25) is 0 Å². The average Bonchev–Trinajstić information content (AvgIpc) is 3.04. The van der Waals surface area contributed by atoms with Crippen LogP contribution in [0.15, 0.2) is 59.8 Å². The van der Waals surface area contributed by atoms with Gasteiger partial charge in [-0.15, -0.1) is 0 Å². The Morgan fingerprint density at radius 2 is 1.92 bits per heavy atom. The highest BCUT2D eigenvalue weighted by atomic mass is 16.5. The van der Waals surface area contributed by atoms with Crippen LogP contribution < -0.4 is 5.32 Å². The Hall–Kier alpha value is -3.08. The van der Waals surface area contributed by atoms with Gasteiger partial charge in [-0.2, -0.15) is 0 Å². The molecule has 26 heavy (non-hydrogen) atoms. The van der Waals surface area contributed by atoms with E-state index in [0.29, 0.717) is 5.57 Å². The van der Waals surface area contributed by atoms with Crippen LogP contribution in [0.25, 0.3) is 11.0 Å². The fourth-order valence-electron chi connectivity index (χ4n) is 3.59. The van der Waals surface area contributed by atoms with E-state index in [9.17, 15) is 4.79 Å². The number of aryl methyl sites for hydroxylation is 1. The summed E-state index contributed by atoms with van der Waals surface area (Å²) in [5.41, 5.74) is 5.54. The van der Waals surface area contributed by atoms with E-state index in [2.05, 4.69) is 41.1 Å². The molecule has 0 saturated heterocycles. The van der Waals surface area contributed by atoms with E-state index in [1.54, 1.807) is 0 Å². The number of anilines is 1. The normalized spacial score (nSPS) is 16.3. The van der Waals surface area contributed by atoms with Crippen LogP contribution in [0, 0.1) is 0 Å². The second-order valence-electron chi connectivity index (χ2n) is 6.45.